The number of methoxy groups -OCH3 is 1. The van der Waals surface area contributed by atoms with Crippen LogP contribution in [0.25, 0.3) is 0 Å². The SMILES string of the molecule is COc1cccc(C(C#N)CC(=O)NC(C)(C)C)c1. The fourth-order valence-electron chi connectivity index (χ4n) is 1.75. The van der Waals surface area contributed by atoms with Crippen molar-refractivity contribution in [3.05, 3.63) is 29.8 Å². The quantitative estimate of drug-likeness (QED) is 0.905. The molecular weight excluding hydrogens is 240 g/mol. The van der Waals surface area contributed by atoms with Gasteiger partial charge in [-0.2, -0.15) is 5.26 Å². The van der Waals surface area contributed by atoms with Gasteiger partial charge in [0.05, 0.1) is 19.1 Å². The van der Waals surface area contributed by atoms with Crippen LogP contribution in [0.15, 0.2) is 24.3 Å². The van der Waals surface area contributed by atoms with Gasteiger partial charge >= 0.3 is 0 Å². The lowest BCUT2D eigenvalue weighted by Gasteiger charge is -2.21. The lowest BCUT2D eigenvalue weighted by Crippen LogP contribution is -2.41. The van der Waals surface area contributed by atoms with Crippen molar-refractivity contribution >= 4 is 5.91 Å². The lowest BCUT2D eigenvalue weighted by atomic mass is 9.96. The van der Waals surface area contributed by atoms with Crippen LogP contribution in [0.5, 0.6) is 5.75 Å². The van der Waals surface area contributed by atoms with Crippen LogP contribution < -0.4 is 10.1 Å². The Morgan fingerprint density at radius 1 is 1.47 bits per heavy atom. The van der Waals surface area contributed by atoms with E-state index in [0.717, 1.165) is 5.56 Å². The molecule has 0 aliphatic rings. The van der Waals surface area contributed by atoms with E-state index in [9.17, 15) is 10.1 Å². The maximum Gasteiger partial charge on any atom is 0.222 e. The summed E-state index contributed by atoms with van der Waals surface area (Å²) >= 11 is 0. The number of hydrogen-bond donors (Lipinski definition) is 1. The number of rotatable bonds is 4. The van der Waals surface area contributed by atoms with E-state index in [0.29, 0.717) is 5.75 Å². The molecule has 0 aliphatic heterocycles. The topological polar surface area (TPSA) is 62.1 Å². The predicted octanol–water partition coefficient (Wildman–Crippen LogP) is 2.61. The van der Waals surface area contributed by atoms with E-state index in [-0.39, 0.29) is 17.9 Å². The van der Waals surface area contributed by atoms with E-state index in [1.165, 1.54) is 0 Å². The average Bonchev–Trinajstić information content (AvgIpc) is 2.34. The molecule has 19 heavy (non-hydrogen) atoms. The van der Waals surface area contributed by atoms with E-state index in [4.69, 9.17) is 4.74 Å². The number of nitriles is 1. The van der Waals surface area contributed by atoms with E-state index in [2.05, 4.69) is 11.4 Å². The monoisotopic (exact) mass is 260 g/mol. The van der Waals surface area contributed by atoms with Crippen molar-refractivity contribution in [3.63, 3.8) is 0 Å². The molecule has 0 saturated carbocycles. The summed E-state index contributed by atoms with van der Waals surface area (Å²) < 4.78 is 5.13. The van der Waals surface area contributed by atoms with Crippen LogP contribution in [0.3, 0.4) is 0 Å². The number of nitrogens with one attached hydrogen (secondary N) is 1. The molecule has 0 bridgehead atoms. The Kier molecular flexibility index (Phi) is 4.94. The lowest BCUT2D eigenvalue weighted by molar-refractivity contribution is -0.122. The molecule has 4 nitrogen and oxygen atoms in total. The van der Waals surface area contributed by atoms with Crippen molar-refractivity contribution in [3.8, 4) is 11.8 Å². The minimum absolute atomic E-state index is 0.123. The van der Waals surface area contributed by atoms with Crippen LogP contribution in [-0.2, 0) is 4.79 Å². The third kappa shape index (κ3) is 5.01. The summed E-state index contributed by atoms with van der Waals surface area (Å²) in [7, 11) is 1.58. The molecule has 0 fully saturated rings. The number of carbonyl (C=O) groups is 1. The van der Waals surface area contributed by atoms with Gasteiger partial charge in [-0.1, -0.05) is 12.1 Å². The van der Waals surface area contributed by atoms with Gasteiger partial charge in [0.25, 0.3) is 0 Å². The Balaban J connectivity index is 2.79. The first kappa shape index (κ1) is 15.0. The molecule has 4 heteroatoms. The number of nitrogens with zero attached hydrogens (tertiary/aromatic N) is 1. The summed E-state index contributed by atoms with van der Waals surface area (Å²) in [6.07, 6.45) is 0.154. The summed E-state index contributed by atoms with van der Waals surface area (Å²) in [4.78, 5) is 11.9. The van der Waals surface area contributed by atoms with Crippen molar-refractivity contribution in [1.29, 1.82) is 5.26 Å². The number of amides is 1. The average molecular weight is 260 g/mol. The fraction of sp³-hybridized carbons (Fsp3) is 0.467. The second-order valence-electron chi connectivity index (χ2n) is 5.46. The maximum absolute atomic E-state index is 11.9. The Morgan fingerprint density at radius 3 is 2.68 bits per heavy atom. The molecule has 1 atom stereocenters. The van der Waals surface area contributed by atoms with Crippen LogP contribution in [0.2, 0.25) is 0 Å². The van der Waals surface area contributed by atoms with Crippen molar-refractivity contribution in [2.75, 3.05) is 7.11 Å². The van der Waals surface area contributed by atoms with Crippen LogP contribution in [0, 0.1) is 11.3 Å². The second-order valence-corrected chi connectivity index (χ2v) is 5.46. The van der Waals surface area contributed by atoms with E-state index in [1.54, 1.807) is 13.2 Å². The summed E-state index contributed by atoms with van der Waals surface area (Å²) in [5.41, 5.74) is 0.511. The third-order valence-electron chi connectivity index (χ3n) is 2.56. The molecule has 0 spiro atoms. The van der Waals surface area contributed by atoms with Gasteiger partial charge < -0.3 is 10.1 Å². The van der Waals surface area contributed by atoms with Gasteiger partial charge in [0.15, 0.2) is 0 Å². The zero-order valence-corrected chi connectivity index (χ0v) is 11.9. The molecule has 0 heterocycles. The molecule has 0 saturated heterocycles. The highest BCUT2D eigenvalue weighted by atomic mass is 16.5. The molecule has 1 N–H and O–H groups in total. The Bertz CT molecular complexity index is 484. The van der Waals surface area contributed by atoms with Crippen LogP contribution in [0.4, 0.5) is 0 Å². The molecule has 0 radical (unpaired) electrons. The summed E-state index contributed by atoms with van der Waals surface area (Å²) in [6.45, 7) is 5.74. The predicted molar refractivity (Wildman–Crippen MR) is 73.9 cm³/mol. The molecule has 1 amide bonds. The Labute approximate surface area is 114 Å². The Morgan fingerprint density at radius 2 is 2.16 bits per heavy atom. The first-order chi connectivity index (χ1) is 8.85. The fourth-order valence-corrected chi connectivity index (χ4v) is 1.75. The van der Waals surface area contributed by atoms with Crippen molar-refractivity contribution < 1.29 is 9.53 Å². The van der Waals surface area contributed by atoms with Crippen molar-refractivity contribution in [1.82, 2.24) is 5.32 Å². The van der Waals surface area contributed by atoms with Gasteiger partial charge in [-0.15, -0.1) is 0 Å². The standard InChI is InChI=1S/C15H20N2O2/c1-15(2,3)17-14(18)9-12(10-16)11-6-5-7-13(8-11)19-4/h5-8,12H,9H2,1-4H3,(H,17,18). The second kappa shape index (κ2) is 6.24. The molecular formula is C15H20N2O2. The first-order valence-electron chi connectivity index (χ1n) is 6.20. The van der Waals surface area contributed by atoms with Gasteiger partial charge in [-0.05, 0) is 38.5 Å². The molecule has 1 unspecified atom stereocenters. The highest BCUT2D eigenvalue weighted by molar-refractivity contribution is 5.78. The number of hydrogen-bond acceptors (Lipinski definition) is 3. The molecule has 1 rings (SSSR count). The van der Waals surface area contributed by atoms with E-state index >= 15 is 0 Å². The zero-order valence-electron chi connectivity index (χ0n) is 11.9. The summed E-state index contributed by atoms with van der Waals surface area (Å²) in [5, 5.41) is 12.1. The third-order valence-corrected chi connectivity index (χ3v) is 2.56. The smallest absolute Gasteiger partial charge is 0.222 e. The van der Waals surface area contributed by atoms with E-state index in [1.807, 2.05) is 39.0 Å². The molecule has 0 aliphatic carbocycles. The number of ether oxygens (including phenoxy) is 1. The van der Waals surface area contributed by atoms with Crippen LogP contribution in [0.1, 0.15) is 38.7 Å². The molecule has 102 valence electrons. The van der Waals surface area contributed by atoms with Gasteiger partial charge in [-0.3, -0.25) is 4.79 Å². The Hall–Kier alpha value is -2.02. The largest absolute Gasteiger partial charge is 0.497 e. The number of benzene rings is 1. The normalized spacial score (nSPS) is 12.4. The molecule has 0 aromatic heterocycles. The first-order valence-corrected chi connectivity index (χ1v) is 6.20. The van der Waals surface area contributed by atoms with Crippen molar-refractivity contribution in [2.45, 2.75) is 38.6 Å². The highest BCUT2D eigenvalue weighted by Gasteiger charge is 2.19. The zero-order chi connectivity index (χ0) is 14.5. The van der Waals surface area contributed by atoms with Gasteiger partial charge in [0.1, 0.15) is 5.75 Å². The summed E-state index contributed by atoms with van der Waals surface area (Å²) in [6, 6.07) is 9.43. The highest BCUT2D eigenvalue weighted by Crippen LogP contribution is 2.23. The minimum Gasteiger partial charge on any atom is -0.497 e. The van der Waals surface area contributed by atoms with Crippen LogP contribution >= 0.6 is 0 Å². The number of carbonyl (C=O) groups excluding carboxylic acids is 1. The van der Waals surface area contributed by atoms with Gasteiger partial charge in [-0.25, -0.2) is 0 Å². The van der Waals surface area contributed by atoms with Crippen molar-refractivity contribution in [2.24, 2.45) is 0 Å². The summed E-state index contributed by atoms with van der Waals surface area (Å²) in [5.74, 6) is 0.105. The maximum atomic E-state index is 11.9. The molecule has 1 aromatic rings. The van der Waals surface area contributed by atoms with E-state index < -0.39 is 5.92 Å². The molecule has 1 aromatic carbocycles. The van der Waals surface area contributed by atoms with Gasteiger partial charge in [0, 0.05) is 12.0 Å². The van der Waals surface area contributed by atoms with Gasteiger partial charge in [0.2, 0.25) is 5.91 Å². The minimum atomic E-state index is -0.461. The van der Waals surface area contributed by atoms with Crippen LogP contribution in [-0.4, -0.2) is 18.6 Å².